The smallest absolute Gasteiger partial charge is 0.332 e. The third-order valence-corrected chi connectivity index (χ3v) is 1.18. The summed E-state index contributed by atoms with van der Waals surface area (Å²) < 4.78 is 4.27. The van der Waals surface area contributed by atoms with Gasteiger partial charge in [-0.3, -0.25) is 0 Å². The van der Waals surface area contributed by atoms with E-state index in [-0.39, 0.29) is 5.97 Å². The molecule has 0 radical (unpaired) electrons. The van der Waals surface area contributed by atoms with Gasteiger partial charge in [0.25, 0.3) is 0 Å². The van der Waals surface area contributed by atoms with Gasteiger partial charge in [-0.2, -0.15) is 0 Å². The number of rotatable bonds is 5. The van der Waals surface area contributed by atoms with E-state index in [0.29, 0.717) is 18.7 Å². The Bertz CT molecular complexity index is 156. The van der Waals surface area contributed by atoms with Crippen molar-refractivity contribution in [3.63, 3.8) is 0 Å². The molecule has 0 unspecified atom stereocenters. The Morgan fingerprint density at radius 2 is 1.79 bits per heavy atom. The zero-order valence-corrected chi connectivity index (χ0v) is 9.01. The van der Waals surface area contributed by atoms with Gasteiger partial charge in [0.15, 0.2) is 0 Å². The standard InChI is InChI=1S/C5H8O2.C4H13N3/c1-4(2)5(6)7-3;5-1-3-7-4-2-6/h1H2,2-3H3;7H,1-6H2. The van der Waals surface area contributed by atoms with Gasteiger partial charge >= 0.3 is 5.97 Å². The fourth-order valence-electron chi connectivity index (χ4n) is 0.503. The van der Waals surface area contributed by atoms with Crippen molar-refractivity contribution in [1.82, 2.24) is 5.32 Å². The van der Waals surface area contributed by atoms with Crippen LogP contribution < -0.4 is 16.8 Å². The molecule has 0 aromatic heterocycles. The second-order valence-electron chi connectivity index (χ2n) is 2.60. The lowest BCUT2D eigenvalue weighted by Gasteiger charge is -1.95. The summed E-state index contributed by atoms with van der Waals surface area (Å²) in [6, 6.07) is 0. The van der Waals surface area contributed by atoms with E-state index in [4.69, 9.17) is 11.5 Å². The Morgan fingerprint density at radius 3 is 1.93 bits per heavy atom. The second-order valence-corrected chi connectivity index (χ2v) is 2.60. The molecule has 0 bridgehead atoms. The number of esters is 1. The number of ether oxygens (including phenoxy) is 1. The summed E-state index contributed by atoms with van der Waals surface area (Å²) in [6.45, 7) is 8.09. The normalized spacial score (nSPS) is 8.57. The highest BCUT2D eigenvalue weighted by atomic mass is 16.5. The van der Waals surface area contributed by atoms with E-state index in [1.807, 2.05) is 0 Å². The maximum atomic E-state index is 10.2. The quantitative estimate of drug-likeness (QED) is 0.310. The molecule has 0 rings (SSSR count). The monoisotopic (exact) mass is 203 g/mol. The zero-order valence-electron chi connectivity index (χ0n) is 9.01. The van der Waals surface area contributed by atoms with Crippen LogP contribution in [0.4, 0.5) is 0 Å². The molecular weight excluding hydrogens is 182 g/mol. The van der Waals surface area contributed by atoms with Crippen molar-refractivity contribution in [3.8, 4) is 0 Å². The molecule has 0 aromatic rings. The predicted octanol–water partition coefficient (Wildman–Crippen LogP) is -0.771. The topological polar surface area (TPSA) is 90.4 Å². The molecule has 0 aliphatic carbocycles. The molecule has 0 fully saturated rings. The van der Waals surface area contributed by atoms with Gasteiger partial charge in [0.2, 0.25) is 0 Å². The third kappa shape index (κ3) is 13.7. The van der Waals surface area contributed by atoms with Gasteiger partial charge in [0, 0.05) is 31.8 Å². The molecule has 0 heterocycles. The Morgan fingerprint density at radius 1 is 1.36 bits per heavy atom. The van der Waals surface area contributed by atoms with Gasteiger partial charge < -0.3 is 21.5 Å². The molecule has 0 aromatic carbocycles. The van der Waals surface area contributed by atoms with Gasteiger partial charge in [0.1, 0.15) is 0 Å². The van der Waals surface area contributed by atoms with Crippen LogP contribution in [0, 0.1) is 0 Å². The number of methoxy groups -OCH3 is 1. The minimum Gasteiger partial charge on any atom is -0.466 e. The summed E-state index contributed by atoms with van der Waals surface area (Å²) in [4.78, 5) is 10.2. The number of carbonyl (C=O) groups excluding carboxylic acids is 1. The van der Waals surface area contributed by atoms with Crippen LogP contribution in [0.1, 0.15) is 6.92 Å². The maximum absolute atomic E-state index is 10.2. The highest BCUT2D eigenvalue weighted by Gasteiger charge is 1.95. The maximum Gasteiger partial charge on any atom is 0.332 e. The molecule has 84 valence electrons. The van der Waals surface area contributed by atoms with Crippen LogP contribution in [-0.2, 0) is 9.53 Å². The predicted molar refractivity (Wildman–Crippen MR) is 57.8 cm³/mol. The molecule has 5 N–H and O–H groups in total. The molecule has 0 aliphatic rings. The number of hydrogen-bond donors (Lipinski definition) is 3. The van der Waals surface area contributed by atoms with Crippen LogP contribution in [0.25, 0.3) is 0 Å². The molecule has 0 saturated carbocycles. The first-order chi connectivity index (χ1) is 6.59. The number of nitrogens with two attached hydrogens (primary N) is 2. The highest BCUT2D eigenvalue weighted by molar-refractivity contribution is 5.86. The van der Waals surface area contributed by atoms with E-state index in [2.05, 4.69) is 16.6 Å². The number of carbonyl (C=O) groups is 1. The largest absolute Gasteiger partial charge is 0.466 e. The van der Waals surface area contributed by atoms with Gasteiger partial charge in [-0.05, 0) is 6.92 Å². The zero-order chi connectivity index (χ0) is 11.4. The molecular formula is C9H21N3O2. The first-order valence-electron chi connectivity index (χ1n) is 4.44. The molecule has 0 amide bonds. The van der Waals surface area contributed by atoms with E-state index < -0.39 is 0 Å². The number of nitrogens with one attached hydrogen (secondary N) is 1. The fourth-order valence-corrected chi connectivity index (χ4v) is 0.503. The van der Waals surface area contributed by atoms with E-state index in [1.54, 1.807) is 6.92 Å². The van der Waals surface area contributed by atoms with Gasteiger partial charge in [0.05, 0.1) is 7.11 Å². The lowest BCUT2D eigenvalue weighted by atomic mass is 10.4. The van der Waals surface area contributed by atoms with Crippen LogP contribution in [0.2, 0.25) is 0 Å². The SMILES string of the molecule is C=C(C)C(=O)OC.NCCNCCN. The molecule has 14 heavy (non-hydrogen) atoms. The lowest BCUT2D eigenvalue weighted by molar-refractivity contribution is -0.136. The van der Waals surface area contributed by atoms with Crippen molar-refractivity contribution < 1.29 is 9.53 Å². The van der Waals surface area contributed by atoms with Crippen LogP contribution in [0.5, 0.6) is 0 Å². The van der Waals surface area contributed by atoms with E-state index in [0.717, 1.165) is 13.1 Å². The van der Waals surface area contributed by atoms with Crippen molar-refractivity contribution in [2.24, 2.45) is 11.5 Å². The fraction of sp³-hybridized carbons (Fsp3) is 0.667. The summed E-state index contributed by atoms with van der Waals surface area (Å²) in [5.41, 5.74) is 10.8. The van der Waals surface area contributed by atoms with Crippen molar-refractivity contribution in [2.45, 2.75) is 6.92 Å². The van der Waals surface area contributed by atoms with Crippen molar-refractivity contribution in [2.75, 3.05) is 33.3 Å². The Labute approximate surface area is 85.5 Å². The van der Waals surface area contributed by atoms with Gasteiger partial charge in [-0.1, -0.05) is 6.58 Å². The van der Waals surface area contributed by atoms with Crippen LogP contribution in [-0.4, -0.2) is 39.3 Å². The first-order valence-corrected chi connectivity index (χ1v) is 4.44. The Kier molecular flexibility index (Phi) is 13.4. The summed E-state index contributed by atoms with van der Waals surface area (Å²) in [5.74, 6) is -0.347. The second kappa shape index (κ2) is 12.1. The average molecular weight is 203 g/mol. The Hall–Kier alpha value is -0.910. The Balaban J connectivity index is 0. The van der Waals surface area contributed by atoms with Crippen LogP contribution >= 0.6 is 0 Å². The van der Waals surface area contributed by atoms with Crippen molar-refractivity contribution in [3.05, 3.63) is 12.2 Å². The van der Waals surface area contributed by atoms with Crippen molar-refractivity contribution in [1.29, 1.82) is 0 Å². The molecule has 0 atom stereocenters. The molecule has 5 nitrogen and oxygen atoms in total. The molecule has 0 aliphatic heterocycles. The van der Waals surface area contributed by atoms with E-state index >= 15 is 0 Å². The third-order valence-electron chi connectivity index (χ3n) is 1.18. The molecule has 0 spiro atoms. The van der Waals surface area contributed by atoms with Crippen LogP contribution in [0.15, 0.2) is 12.2 Å². The minimum absolute atomic E-state index is 0.347. The van der Waals surface area contributed by atoms with E-state index in [9.17, 15) is 4.79 Å². The van der Waals surface area contributed by atoms with Crippen LogP contribution in [0.3, 0.4) is 0 Å². The summed E-state index contributed by atoms with van der Waals surface area (Å²) in [6.07, 6.45) is 0. The highest BCUT2D eigenvalue weighted by Crippen LogP contribution is 1.87. The summed E-state index contributed by atoms with van der Waals surface area (Å²) in [5, 5.41) is 3.03. The van der Waals surface area contributed by atoms with Gasteiger partial charge in [-0.25, -0.2) is 4.79 Å². The van der Waals surface area contributed by atoms with E-state index in [1.165, 1.54) is 7.11 Å². The summed E-state index contributed by atoms with van der Waals surface area (Å²) in [7, 11) is 1.33. The van der Waals surface area contributed by atoms with Crippen molar-refractivity contribution >= 4 is 5.97 Å². The molecule has 0 saturated heterocycles. The molecule has 5 heteroatoms. The minimum atomic E-state index is -0.347. The lowest BCUT2D eigenvalue weighted by Crippen LogP contribution is -2.27. The van der Waals surface area contributed by atoms with Gasteiger partial charge in [-0.15, -0.1) is 0 Å². The number of hydrogen-bond acceptors (Lipinski definition) is 5. The average Bonchev–Trinajstić information content (AvgIpc) is 2.18. The summed E-state index contributed by atoms with van der Waals surface area (Å²) >= 11 is 0. The first kappa shape index (κ1) is 15.6.